The van der Waals surface area contributed by atoms with Crippen LogP contribution in [0, 0.1) is 0 Å². The molecule has 2 fully saturated rings. The first-order valence-corrected chi connectivity index (χ1v) is 11.7. The maximum Gasteiger partial charge on any atom is 0.266 e. The van der Waals surface area contributed by atoms with Gasteiger partial charge in [-0.15, -0.1) is 0 Å². The molecular weight excluding hydrogens is 426 g/mol. The molecule has 0 radical (unpaired) electrons. The van der Waals surface area contributed by atoms with E-state index in [0.717, 1.165) is 5.56 Å². The van der Waals surface area contributed by atoms with Crippen LogP contribution < -0.4 is 0 Å². The van der Waals surface area contributed by atoms with Crippen LogP contribution in [0.2, 0.25) is 5.02 Å². The fourth-order valence-electron chi connectivity index (χ4n) is 3.15. The number of hydrogen-bond acceptors (Lipinski definition) is 6. The number of benzene rings is 1. The molecule has 1 aromatic carbocycles. The van der Waals surface area contributed by atoms with Gasteiger partial charge >= 0.3 is 0 Å². The lowest BCUT2D eigenvalue weighted by Gasteiger charge is -2.28. The Morgan fingerprint density at radius 1 is 1.33 bits per heavy atom. The van der Waals surface area contributed by atoms with Gasteiger partial charge in [0, 0.05) is 22.4 Å². The summed E-state index contributed by atoms with van der Waals surface area (Å²) in [5, 5.41) is 0.619. The van der Waals surface area contributed by atoms with E-state index in [9.17, 15) is 13.9 Å². The fourth-order valence-corrected chi connectivity index (χ4v) is 6.47. The van der Waals surface area contributed by atoms with Gasteiger partial charge in [0.05, 0.1) is 16.7 Å². The van der Waals surface area contributed by atoms with E-state index in [1.807, 2.05) is 24.3 Å². The van der Waals surface area contributed by atoms with Gasteiger partial charge in [-0.25, -0.2) is 0 Å². The number of amides is 1. The fraction of sp³-hybridized carbons (Fsp3) is 0.222. The molecule has 2 aliphatic rings. The molecule has 2 saturated heterocycles. The molecule has 1 atom stereocenters. The highest BCUT2D eigenvalue weighted by molar-refractivity contribution is 8.27. The Morgan fingerprint density at radius 2 is 2.15 bits per heavy atom. The zero-order valence-corrected chi connectivity index (χ0v) is 17.2. The molecule has 0 spiro atoms. The molecule has 0 aliphatic carbocycles. The summed E-state index contributed by atoms with van der Waals surface area (Å²) in [6, 6.07) is 10.7. The normalized spacial score (nSPS) is 24.8. The summed E-state index contributed by atoms with van der Waals surface area (Å²) in [7, 11) is -2.60. The summed E-state index contributed by atoms with van der Waals surface area (Å²) in [6.45, 7) is 0. The van der Waals surface area contributed by atoms with E-state index in [4.69, 9.17) is 28.2 Å². The molecule has 2 aromatic rings. The number of thioether (sulfide) groups is 1. The van der Waals surface area contributed by atoms with Crippen LogP contribution in [0.1, 0.15) is 12.2 Å². The van der Waals surface area contributed by atoms with Crippen molar-refractivity contribution in [2.45, 2.75) is 12.5 Å². The standard InChI is InChI=1S/C18H16ClNO4S3/c19-12-3-1-2-11(8-12)15-5-4-14(24-15)9-16-17(21)20(18(25)26-16)13-6-7-27(22,23)10-13/h1-5,8-9,13,22-23H,6-7,10H2/b16-9-. The van der Waals surface area contributed by atoms with E-state index < -0.39 is 10.6 Å². The lowest BCUT2D eigenvalue weighted by Crippen LogP contribution is -2.39. The number of carbonyl (C=O) groups is 1. The smallest absolute Gasteiger partial charge is 0.266 e. The molecule has 1 amide bonds. The number of thiocarbonyl (C=S) groups is 1. The van der Waals surface area contributed by atoms with Gasteiger partial charge in [-0.2, -0.15) is 10.6 Å². The molecule has 4 rings (SSSR count). The van der Waals surface area contributed by atoms with Crippen molar-refractivity contribution in [2.24, 2.45) is 0 Å². The number of nitrogens with zero attached hydrogens (tertiary/aromatic N) is 1. The Hall–Kier alpha value is -1.29. The van der Waals surface area contributed by atoms with Crippen LogP contribution in [0.25, 0.3) is 17.4 Å². The van der Waals surface area contributed by atoms with Crippen LogP contribution in [0.15, 0.2) is 45.7 Å². The van der Waals surface area contributed by atoms with Gasteiger partial charge in [0.2, 0.25) is 0 Å². The highest BCUT2D eigenvalue weighted by Gasteiger charge is 2.42. The molecule has 5 nitrogen and oxygen atoms in total. The first-order chi connectivity index (χ1) is 12.8. The second-order valence-corrected chi connectivity index (χ2v) is 10.8. The monoisotopic (exact) mass is 441 g/mol. The molecule has 142 valence electrons. The van der Waals surface area contributed by atoms with Gasteiger partial charge in [-0.1, -0.05) is 47.7 Å². The summed E-state index contributed by atoms with van der Waals surface area (Å²) >= 11 is 12.6. The van der Waals surface area contributed by atoms with Gasteiger partial charge < -0.3 is 4.42 Å². The van der Waals surface area contributed by atoms with Crippen LogP contribution in [-0.4, -0.2) is 41.8 Å². The minimum atomic E-state index is -2.60. The number of rotatable bonds is 3. The highest BCUT2D eigenvalue weighted by Crippen LogP contribution is 2.49. The van der Waals surface area contributed by atoms with Crippen LogP contribution in [0.3, 0.4) is 0 Å². The van der Waals surface area contributed by atoms with Crippen molar-refractivity contribution in [1.82, 2.24) is 4.90 Å². The summed E-state index contributed by atoms with van der Waals surface area (Å²) < 4.78 is 25.9. The zero-order valence-electron chi connectivity index (χ0n) is 14.0. The van der Waals surface area contributed by atoms with E-state index in [0.29, 0.717) is 37.9 Å². The maximum absolute atomic E-state index is 12.8. The van der Waals surface area contributed by atoms with Crippen molar-refractivity contribution in [1.29, 1.82) is 0 Å². The molecule has 0 bridgehead atoms. The Morgan fingerprint density at radius 3 is 2.85 bits per heavy atom. The predicted molar refractivity (Wildman–Crippen MR) is 115 cm³/mol. The highest BCUT2D eigenvalue weighted by atomic mass is 35.5. The van der Waals surface area contributed by atoms with E-state index in [1.54, 1.807) is 18.2 Å². The van der Waals surface area contributed by atoms with Crippen molar-refractivity contribution >= 4 is 62.5 Å². The number of hydrogen-bond donors (Lipinski definition) is 2. The molecule has 3 heterocycles. The van der Waals surface area contributed by atoms with E-state index >= 15 is 0 Å². The van der Waals surface area contributed by atoms with Crippen molar-refractivity contribution in [3.8, 4) is 11.3 Å². The lowest BCUT2D eigenvalue weighted by molar-refractivity contribution is -0.123. The third-order valence-electron chi connectivity index (χ3n) is 4.44. The zero-order chi connectivity index (χ0) is 19.2. The van der Waals surface area contributed by atoms with Crippen LogP contribution in [0.4, 0.5) is 0 Å². The van der Waals surface area contributed by atoms with Crippen molar-refractivity contribution < 1.29 is 18.3 Å². The summed E-state index contributed by atoms with van der Waals surface area (Å²) in [4.78, 5) is 14.8. The average molecular weight is 442 g/mol. The molecule has 2 aliphatic heterocycles. The van der Waals surface area contributed by atoms with Crippen LogP contribution in [0.5, 0.6) is 0 Å². The SMILES string of the molecule is O=C1/C(=C/c2ccc(-c3cccc(Cl)c3)o2)SC(=S)N1C1CCS(O)(O)C1. The van der Waals surface area contributed by atoms with Gasteiger partial charge in [0.1, 0.15) is 15.8 Å². The second kappa shape index (κ2) is 7.27. The average Bonchev–Trinajstić information content (AvgIpc) is 3.27. The molecule has 1 aromatic heterocycles. The Labute approximate surface area is 172 Å². The van der Waals surface area contributed by atoms with E-state index in [1.165, 1.54) is 16.7 Å². The lowest BCUT2D eigenvalue weighted by atomic mass is 10.2. The van der Waals surface area contributed by atoms with Gasteiger partial charge in [-0.05, 0) is 30.7 Å². The topological polar surface area (TPSA) is 73.9 Å². The predicted octanol–water partition coefficient (Wildman–Crippen LogP) is 5.32. The first-order valence-electron chi connectivity index (χ1n) is 8.19. The van der Waals surface area contributed by atoms with E-state index in [-0.39, 0.29) is 17.7 Å². The molecule has 27 heavy (non-hydrogen) atoms. The van der Waals surface area contributed by atoms with Gasteiger partial charge in [-0.3, -0.25) is 18.8 Å². The largest absolute Gasteiger partial charge is 0.457 e. The molecule has 0 saturated carbocycles. The first kappa shape index (κ1) is 19.0. The maximum atomic E-state index is 12.8. The number of halogens is 1. The molecule has 2 N–H and O–H groups in total. The van der Waals surface area contributed by atoms with Gasteiger partial charge in [0.15, 0.2) is 0 Å². The molecule has 1 unspecified atom stereocenters. The second-order valence-electron chi connectivity index (χ2n) is 6.38. The van der Waals surface area contributed by atoms with Crippen molar-refractivity contribution in [3.63, 3.8) is 0 Å². The Balaban J connectivity index is 1.55. The van der Waals surface area contributed by atoms with Crippen molar-refractivity contribution in [2.75, 3.05) is 11.5 Å². The van der Waals surface area contributed by atoms with E-state index in [2.05, 4.69) is 0 Å². The summed E-state index contributed by atoms with van der Waals surface area (Å²) in [6.07, 6.45) is 2.21. The molecular formula is C18H16ClNO4S3. The minimum Gasteiger partial charge on any atom is -0.457 e. The third kappa shape index (κ3) is 3.96. The number of carbonyl (C=O) groups excluding carboxylic acids is 1. The van der Waals surface area contributed by atoms with Crippen LogP contribution in [-0.2, 0) is 4.79 Å². The van der Waals surface area contributed by atoms with Gasteiger partial charge in [0.25, 0.3) is 5.91 Å². The Bertz CT molecular complexity index is 956. The quantitative estimate of drug-likeness (QED) is 0.495. The minimum absolute atomic E-state index is 0.187. The number of furan rings is 1. The Kier molecular flexibility index (Phi) is 5.13. The molecule has 9 heteroatoms. The summed E-state index contributed by atoms with van der Waals surface area (Å²) in [5.74, 6) is 1.49. The third-order valence-corrected chi connectivity index (χ3v) is 7.81. The summed E-state index contributed by atoms with van der Waals surface area (Å²) in [5.41, 5.74) is 0.853. The van der Waals surface area contributed by atoms with Crippen molar-refractivity contribution in [3.05, 3.63) is 52.1 Å². The van der Waals surface area contributed by atoms with Crippen LogP contribution >= 0.6 is 46.2 Å².